The molecule has 10 heteroatoms. The third-order valence-electron chi connectivity index (χ3n) is 4.18. The number of hydrogen-bond acceptors (Lipinski definition) is 6. The second kappa shape index (κ2) is 9.72. The van der Waals surface area contributed by atoms with Gasteiger partial charge in [-0.1, -0.05) is 12.1 Å². The summed E-state index contributed by atoms with van der Waals surface area (Å²) >= 11 is 1.11. The highest BCUT2D eigenvalue weighted by Crippen LogP contribution is 2.28. The molecule has 0 spiro atoms. The molecule has 31 heavy (non-hydrogen) atoms. The molecule has 0 radical (unpaired) electrons. The number of carbonyl (C=O) groups excluding carboxylic acids is 4. The zero-order chi connectivity index (χ0) is 22.4. The van der Waals surface area contributed by atoms with Gasteiger partial charge in [0.05, 0.1) is 27.4 Å². The van der Waals surface area contributed by atoms with Crippen molar-refractivity contribution in [3.05, 3.63) is 70.5 Å². The molecule has 4 amide bonds. The van der Waals surface area contributed by atoms with Crippen LogP contribution in [0.4, 0.5) is 10.7 Å². The maximum atomic E-state index is 12.8. The van der Waals surface area contributed by atoms with Crippen LogP contribution in [0.3, 0.4) is 0 Å². The number of aryl methyl sites for hydroxylation is 1. The zero-order valence-electron chi connectivity index (χ0n) is 16.6. The Hall–Kier alpha value is -3.92. The number of carbonyl (C=O) groups is 4. The standard InChI is InChI=1S/C21H20N4O5S/c1-12-11-17(25-20(28)15-7-4-10-30-15)31-18(12)21(29)24-14-6-3-2-5-13(14)19(27)23-9-8-16(22)26/h2-7,10-11H,8-9H2,1H3,(H2,22,26)(H,23,27)(H,24,29)(H,25,28). The SMILES string of the molecule is Cc1cc(NC(=O)c2ccco2)sc1C(=O)Nc1ccccc1C(=O)NCCC(N)=O. The summed E-state index contributed by atoms with van der Waals surface area (Å²) in [6.07, 6.45) is 1.41. The van der Waals surface area contributed by atoms with Gasteiger partial charge in [0.15, 0.2) is 5.76 Å². The van der Waals surface area contributed by atoms with Crippen LogP contribution in [-0.2, 0) is 4.79 Å². The van der Waals surface area contributed by atoms with E-state index in [1.54, 1.807) is 43.3 Å². The van der Waals surface area contributed by atoms with E-state index in [0.29, 0.717) is 21.1 Å². The van der Waals surface area contributed by atoms with E-state index in [1.165, 1.54) is 12.3 Å². The number of benzene rings is 1. The Labute approximate surface area is 181 Å². The van der Waals surface area contributed by atoms with E-state index < -0.39 is 23.6 Å². The lowest BCUT2D eigenvalue weighted by Crippen LogP contribution is -2.28. The van der Waals surface area contributed by atoms with E-state index in [0.717, 1.165) is 11.3 Å². The summed E-state index contributed by atoms with van der Waals surface area (Å²) < 4.78 is 5.06. The summed E-state index contributed by atoms with van der Waals surface area (Å²) in [6.45, 7) is 1.84. The Morgan fingerprint density at radius 3 is 2.48 bits per heavy atom. The molecule has 0 aliphatic rings. The van der Waals surface area contributed by atoms with Crippen molar-refractivity contribution in [2.24, 2.45) is 5.73 Å². The molecule has 0 unspecified atom stereocenters. The number of hydrogen-bond donors (Lipinski definition) is 4. The molecule has 5 N–H and O–H groups in total. The number of thiophene rings is 1. The fourth-order valence-corrected chi connectivity index (χ4v) is 3.68. The van der Waals surface area contributed by atoms with Gasteiger partial charge in [-0.05, 0) is 42.8 Å². The first-order valence-corrected chi connectivity index (χ1v) is 10.1. The first-order chi connectivity index (χ1) is 14.8. The monoisotopic (exact) mass is 440 g/mol. The van der Waals surface area contributed by atoms with E-state index in [1.807, 2.05) is 0 Å². The maximum absolute atomic E-state index is 12.8. The van der Waals surface area contributed by atoms with E-state index in [2.05, 4.69) is 16.0 Å². The number of amides is 4. The van der Waals surface area contributed by atoms with Crippen LogP contribution in [0, 0.1) is 6.92 Å². The van der Waals surface area contributed by atoms with Gasteiger partial charge < -0.3 is 26.1 Å². The third-order valence-corrected chi connectivity index (χ3v) is 5.33. The molecule has 0 saturated heterocycles. The van der Waals surface area contributed by atoms with Crippen molar-refractivity contribution in [2.75, 3.05) is 17.2 Å². The molecular weight excluding hydrogens is 420 g/mol. The molecule has 2 aromatic heterocycles. The zero-order valence-corrected chi connectivity index (χ0v) is 17.4. The molecule has 0 bridgehead atoms. The Kier molecular flexibility index (Phi) is 6.83. The molecule has 0 fully saturated rings. The summed E-state index contributed by atoms with van der Waals surface area (Å²) in [5.41, 5.74) is 6.31. The average Bonchev–Trinajstić information content (AvgIpc) is 3.38. The molecule has 2 heterocycles. The van der Waals surface area contributed by atoms with Crippen LogP contribution in [0.1, 0.15) is 42.6 Å². The van der Waals surface area contributed by atoms with Crippen LogP contribution in [0.2, 0.25) is 0 Å². The van der Waals surface area contributed by atoms with Crippen LogP contribution in [0.15, 0.2) is 53.1 Å². The normalized spacial score (nSPS) is 10.4. The van der Waals surface area contributed by atoms with Crippen LogP contribution in [0.5, 0.6) is 0 Å². The van der Waals surface area contributed by atoms with Crippen molar-refractivity contribution in [3.63, 3.8) is 0 Å². The van der Waals surface area contributed by atoms with Gasteiger partial charge in [0.25, 0.3) is 17.7 Å². The van der Waals surface area contributed by atoms with Crippen molar-refractivity contribution in [1.29, 1.82) is 0 Å². The summed E-state index contributed by atoms with van der Waals surface area (Å²) in [6, 6.07) is 11.3. The number of para-hydroxylation sites is 1. The number of rotatable bonds is 8. The molecule has 3 aromatic rings. The van der Waals surface area contributed by atoms with Crippen molar-refractivity contribution < 1.29 is 23.6 Å². The van der Waals surface area contributed by atoms with Gasteiger partial charge in [0.2, 0.25) is 5.91 Å². The molecule has 3 rings (SSSR count). The average molecular weight is 440 g/mol. The Bertz CT molecular complexity index is 1120. The fraction of sp³-hybridized carbons (Fsp3) is 0.143. The number of furan rings is 1. The summed E-state index contributed by atoms with van der Waals surface area (Å²) in [5, 5.41) is 8.50. The Balaban J connectivity index is 1.71. The minimum atomic E-state index is -0.523. The summed E-state index contributed by atoms with van der Waals surface area (Å²) in [4.78, 5) is 48.6. The molecule has 1 aromatic carbocycles. The van der Waals surface area contributed by atoms with Gasteiger partial charge in [-0.2, -0.15) is 0 Å². The highest BCUT2D eigenvalue weighted by molar-refractivity contribution is 7.18. The topological polar surface area (TPSA) is 144 Å². The predicted molar refractivity (Wildman–Crippen MR) is 116 cm³/mol. The van der Waals surface area contributed by atoms with Crippen LogP contribution >= 0.6 is 11.3 Å². The smallest absolute Gasteiger partial charge is 0.291 e. The Morgan fingerprint density at radius 2 is 1.77 bits per heavy atom. The molecular formula is C21H20N4O5S. The van der Waals surface area contributed by atoms with Gasteiger partial charge in [0.1, 0.15) is 0 Å². The maximum Gasteiger partial charge on any atom is 0.291 e. The largest absolute Gasteiger partial charge is 0.459 e. The number of nitrogens with one attached hydrogen (secondary N) is 3. The fourth-order valence-electron chi connectivity index (χ4n) is 2.71. The Morgan fingerprint density at radius 1 is 1.00 bits per heavy atom. The van der Waals surface area contributed by atoms with Gasteiger partial charge in [0, 0.05) is 13.0 Å². The molecule has 0 aliphatic heterocycles. The lowest BCUT2D eigenvalue weighted by Gasteiger charge is -2.11. The molecule has 9 nitrogen and oxygen atoms in total. The van der Waals surface area contributed by atoms with E-state index >= 15 is 0 Å². The van der Waals surface area contributed by atoms with Crippen molar-refractivity contribution in [1.82, 2.24) is 5.32 Å². The second-order valence-corrected chi connectivity index (χ2v) is 7.58. The first-order valence-electron chi connectivity index (χ1n) is 9.27. The van der Waals surface area contributed by atoms with Crippen molar-refractivity contribution in [2.45, 2.75) is 13.3 Å². The lowest BCUT2D eigenvalue weighted by molar-refractivity contribution is -0.117. The summed E-state index contributed by atoms with van der Waals surface area (Å²) in [5.74, 6) is -1.64. The molecule has 0 atom stereocenters. The lowest BCUT2D eigenvalue weighted by atomic mass is 10.1. The highest BCUT2D eigenvalue weighted by atomic mass is 32.1. The van der Waals surface area contributed by atoms with Crippen LogP contribution in [-0.4, -0.2) is 30.2 Å². The first kappa shape index (κ1) is 21.8. The molecule has 160 valence electrons. The van der Waals surface area contributed by atoms with Gasteiger partial charge in [-0.15, -0.1) is 11.3 Å². The second-order valence-electron chi connectivity index (χ2n) is 6.53. The third kappa shape index (κ3) is 5.58. The number of anilines is 2. The van der Waals surface area contributed by atoms with Crippen molar-refractivity contribution >= 4 is 45.7 Å². The van der Waals surface area contributed by atoms with Gasteiger partial charge in [-0.25, -0.2) is 0 Å². The number of nitrogens with two attached hydrogens (primary N) is 1. The summed E-state index contributed by atoms with van der Waals surface area (Å²) in [7, 11) is 0. The van der Waals surface area contributed by atoms with Crippen LogP contribution < -0.4 is 21.7 Å². The van der Waals surface area contributed by atoms with Gasteiger partial charge in [-0.3, -0.25) is 19.2 Å². The van der Waals surface area contributed by atoms with Crippen molar-refractivity contribution in [3.8, 4) is 0 Å². The van der Waals surface area contributed by atoms with Gasteiger partial charge >= 0.3 is 0 Å². The van der Waals surface area contributed by atoms with E-state index in [-0.39, 0.29) is 24.3 Å². The molecule has 0 saturated carbocycles. The van der Waals surface area contributed by atoms with E-state index in [9.17, 15) is 19.2 Å². The number of primary amides is 1. The predicted octanol–water partition coefficient (Wildman–Crippen LogP) is 2.76. The van der Waals surface area contributed by atoms with Crippen LogP contribution in [0.25, 0.3) is 0 Å². The quantitative estimate of drug-likeness (QED) is 0.426. The molecule has 0 aliphatic carbocycles. The highest BCUT2D eigenvalue weighted by Gasteiger charge is 2.19. The van der Waals surface area contributed by atoms with E-state index in [4.69, 9.17) is 10.2 Å². The minimum absolute atomic E-state index is 0.0150. The minimum Gasteiger partial charge on any atom is -0.459 e.